The summed E-state index contributed by atoms with van der Waals surface area (Å²) in [6.07, 6.45) is 3.63. The molecule has 3 heteroatoms. The number of pyridine rings is 1. The third-order valence-electron chi connectivity index (χ3n) is 3.55. The van der Waals surface area contributed by atoms with Crippen LogP contribution in [0.5, 0.6) is 0 Å². The van der Waals surface area contributed by atoms with Gasteiger partial charge in [-0.1, -0.05) is 23.8 Å². The second-order valence-corrected chi connectivity index (χ2v) is 5.13. The number of H-pyrrole nitrogens is 1. The molecule has 2 heterocycles. The molecule has 3 nitrogen and oxygen atoms in total. The van der Waals surface area contributed by atoms with Crippen molar-refractivity contribution in [2.75, 3.05) is 0 Å². The zero-order valence-electron chi connectivity index (χ0n) is 11.9. The minimum absolute atomic E-state index is 1.01. The highest BCUT2D eigenvalue weighted by Crippen LogP contribution is 2.34. The van der Waals surface area contributed by atoms with Crippen LogP contribution in [0, 0.1) is 20.8 Å². The van der Waals surface area contributed by atoms with Gasteiger partial charge in [0.15, 0.2) is 0 Å². The van der Waals surface area contributed by atoms with Crippen LogP contribution >= 0.6 is 0 Å². The van der Waals surface area contributed by atoms with Crippen LogP contribution in [0.3, 0.4) is 0 Å². The van der Waals surface area contributed by atoms with Gasteiger partial charge in [-0.05, 0) is 44.0 Å². The number of hydrogen-bond acceptors (Lipinski definition) is 2. The molecule has 1 N–H and O–H groups in total. The first kappa shape index (κ1) is 12.6. The number of aromatic amines is 1. The van der Waals surface area contributed by atoms with Crippen molar-refractivity contribution in [2.45, 2.75) is 20.8 Å². The number of aryl methyl sites for hydroxylation is 3. The Balaban J connectivity index is 2.21. The van der Waals surface area contributed by atoms with Gasteiger partial charge in [-0.2, -0.15) is 5.10 Å². The van der Waals surface area contributed by atoms with Crippen LogP contribution in [-0.4, -0.2) is 15.2 Å². The normalized spacial score (nSPS) is 10.8. The van der Waals surface area contributed by atoms with Crippen LogP contribution in [0.1, 0.15) is 16.8 Å². The number of nitrogens with zero attached hydrogens (tertiary/aromatic N) is 2. The molecule has 2 aromatic heterocycles. The molecule has 3 aromatic rings. The van der Waals surface area contributed by atoms with E-state index in [2.05, 4.69) is 54.2 Å². The third kappa shape index (κ3) is 2.11. The molecular weight excluding hydrogens is 246 g/mol. The van der Waals surface area contributed by atoms with E-state index in [0.29, 0.717) is 0 Å². The average molecular weight is 263 g/mol. The van der Waals surface area contributed by atoms with Crippen molar-refractivity contribution in [3.8, 4) is 22.4 Å². The Kier molecular flexibility index (Phi) is 3.11. The Bertz CT molecular complexity index is 742. The summed E-state index contributed by atoms with van der Waals surface area (Å²) in [6.45, 7) is 6.29. The Morgan fingerprint density at radius 2 is 1.70 bits per heavy atom. The number of nitrogens with one attached hydrogen (secondary N) is 1. The molecule has 0 saturated heterocycles. The zero-order valence-corrected chi connectivity index (χ0v) is 11.9. The quantitative estimate of drug-likeness (QED) is 0.757. The topological polar surface area (TPSA) is 41.6 Å². The van der Waals surface area contributed by atoms with Crippen LogP contribution < -0.4 is 0 Å². The molecule has 0 radical (unpaired) electrons. The molecule has 0 saturated carbocycles. The minimum atomic E-state index is 1.01. The molecule has 0 aliphatic carbocycles. The van der Waals surface area contributed by atoms with Crippen molar-refractivity contribution in [3.63, 3.8) is 0 Å². The molecule has 0 unspecified atom stereocenters. The van der Waals surface area contributed by atoms with E-state index in [-0.39, 0.29) is 0 Å². The van der Waals surface area contributed by atoms with Gasteiger partial charge in [0.2, 0.25) is 0 Å². The van der Waals surface area contributed by atoms with Crippen molar-refractivity contribution in [1.82, 2.24) is 15.2 Å². The van der Waals surface area contributed by atoms with Gasteiger partial charge >= 0.3 is 0 Å². The number of aromatic nitrogens is 3. The zero-order chi connectivity index (χ0) is 14.1. The van der Waals surface area contributed by atoms with Crippen molar-refractivity contribution < 1.29 is 0 Å². The van der Waals surface area contributed by atoms with Crippen LogP contribution in [0.2, 0.25) is 0 Å². The van der Waals surface area contributed by atoms with Crippen LogP contribution in [-0.2, 0) is 0 Å². The van der Waals surface area contributed by atoms with Crippen molar-refractivity contribution in [1.29, 1.82) is 0 Å². The van der Waals surface area contributed by atoms with E-state index in [1.165, 1.54) is 16.7 Å². The Morgan fingerprint density at radius 1 is 0.950 bits per heavy atom. The molecule has 0 fully saturated rings. The number of benzene rings is 1. The summed E-state index contributed by atoms with van der Waals surface area (Å²) >= 11 is 0. The van der Waals surface area contributed by atoms with Gasteiger partial charge in [-0.25, -0.2) is 0 Å². The second kappa shape index (κ2) is 4.93. The summed E-state index contributed by atoms with van der Waals surface area (Å²) < 4.78 is 0. The molecule has 0 bridgehead atoms. The van der Waals surface area contributed by atoms with E-state index < -0.39 is 0 Å². The van der Waals surface area contributed by atoms with E-state index in [1.54, 1.807) is 0 Å². The van der Waals surface area contributed by atoms with Crippen LogP contribution in [0.25, 0.3) is 22.4 Å². The van der Waals surface area contributed by atoms with E-state index in [1.807, 2.05) is 24.5 Å². The highest BCUT2D eigenvalue weighted by atomic mass is 15.1. The Hall–Kier alpha value is -2.42. The fraction of sp³-hybridized carbons (Fsp3) is 0.176. The predicted molar refractivity (Wildman–Crippen MR) is 81.5 cm³/mol. The summed E-state index contributed by atoms with van der Waals surface area (Å²) in [7, 11) is 0. The summed E-state index contributed by atoms with van der Waals surface area (Å²) in [5, 5.41) is 7.61. The molecular formula is C17H17N3. The maximum absolute atomic E-state index is 4.51. The van der Waals surface area contributed by atoms with Gasteiger partial charge in [-0.3, -0.25) is 10.1 Å². The molecule has 0 amide bonds. The standard InChI is InChI=1S/C17H17N3/c1-11-4-5-15(12(2)10-11)17-16(13(3)19-20-17)14-6-8-18-9-7-14/h4-10H,1-3H3,(H,19,20). The lowest BCUT2D eigenvalue weighted by Crippen LogP contribution is -1.88. The maximum atomic E-state index is 4.51. The molecule has 0 atom stereocenters. The highest BCUT2D eigenvalue weighted by Gasteiger charge is 2.15. The molecule has 20 heavy (non-hydrogen) atoms. The molecule has 3 rings (SSSR count). The molecule has 1 aromatic carbocycles. The summed E-state index contributed by atoms with van der Waals surface area (Å²) in [5.74, 6) is 0. The third-order valence-corrected chi connectivity index (χ3v) is 3.55. The van der Waals surface area contributed by atoms with Gasteiger partial charge in [0.05, 0.1) is 0 Å². The van der Waals surface area contributed by atoms with Crippen molar-refractivity contribution in [2.24, 2.45) is 0 Å². The van der Waals surface area contributed by atoms with E-state index in [0.717, 1.165) is 22.5 Å². The Morgan fingerprint density at radius 3 is 2.40 bits per heavy atom. The first-order valence-electron chi connectivity index (χ1n) is 6.70. The van der Waals surface area contributed by atoms with E-state index in [4.69, 9.17) is 0 Å². The maximum Gasteiger partial charge on any atom is 0.100 e. The van der Waals surface area contributed by atoms with Gasteiger partial charge < -0.3 is 0 Å². The minimum Gasteiger partial charge on any atom is -0.282 e. The summed E-state index contributed by atoms with van der Waals surface area (Å²) in [4.78, 5) is 4.09. The number of hydrogen-bond donors (Lipinski definition) is 1. The summed E-state index contributed by atoms with van der Waals surface area (Å²) in [6, 6.07) is 10.5. The average Bonchev–Trinajstić information content (AvgIpc) is 2.81. The van der Waals surface area contributed by atoms with Gasteiger partial charge in [0.25, 0.3) is 0 Å². The van der Waals surface area contributed by atoms with Gasteiger partial charge in [-0.15, -0.1) is 0 Å². The molecule has 100 valence electrons. The lowest BCUT2D eigenvalue weighted by molar-refractivity contribution is 1.05. The monoisotopic (exact) mass is 263 g/mol. The van der Waals surface area contributed by atoms with Crippen molar-refractivity contribution in [3.05, 3.63) is 59.5 Å². The summed E-state index contributed by atoms with van der Waals surface area (Å²) in [5.41, 5.74) is 8.06. The van der Waals surface area contributed by atoms with Gasteiger partial charge in [0, 0.05) is 29.2 Å². The van der Waals surface area contributed by atoms with Crippen LogP contribution in [0.15, 0.2) is 42.7 Å². The SMILES string of the molecule is Cc1ccc(-c2n[nH]c(C)c2-c2ccncc2)c(C)c1. The largest absolute Gasteiger partial charge is 0.282 e. The van der Waals surface area contributed by atoms with Gasteiger partial charge in [0.1, 0.15) is 5.69 Å². The predicted octanol–water partition coefficient (Wildman–Crippen LogP) is 4.06. The first-order valence-corrected chi connectivity index (χ1v) is 6.70. The molecule has 0 aliphatic heterocycles. The first-order chi connectivity index (χ1) is 9.66. The molecule has 0 spiro atoms. The fourth-order valence-corrected chi connectivity index (χ4v) is 2.58. The van der Waals surface area contributed by atoms with Crippen LogP contribution in [0.4, 0.5) is 0 Å². The fourth-order valence-electron chi connectivity index (χ4n) is 2.58. The lowest BCUT2D eigenvalue weighted by atomic mass is 9.96. The Labute approximate surface area is 118 Å². The smallest absolute Gasteiger partial charge is 0.100 e. The second-order valence-electron chi connectivity index (χ2n) is 5.13. The molecule has 0 aliphatic rings. The highest BCUT2D eigenvalue weighted by molar-refractivity contribution is 5.83. The van der Waals surface area contributed by atoms with E-state index >= 15 is 0 Å². The lowest BCUT2D eigenvalue weighted by Gasteiger charge is -2.08. The van der Waals surface area contributed by atoms with Crippen molar-refractivity contribution >= 4 is 0 Å². The number of rotatable bonds is 2. The van der Waals surface area contributed by atoms with E-state index in [9.17, 15) is 0 Å².